The quantitative estimate of drug-likeness (QED) is 0.721. The fraction of sp³-hybridized carbons (Fsp3) is 0.235. The van der Waals surface area contributed by atoms with E-state index < -0.39 is 29.1 Å². The maximum Gasteiger partial charge on any atom is 0.416 e. The fourth-order valence-corrected chi connectivity index (χ4v) is 2.93. The number of carbonyl (C=O) groups is 1. The number of benzene rings is 2. The van der Waals surface area contributed by atoms with Crippen LogP contribution in [0.5, 0.6) is 0 Å². The first-order valence-electron chi connectivity index (χ1n) is 7.18. The lowest BCUT2D eigenvalue weighted by Crippen LogP contribution is -2.41. The highest BCUT2D eigenvalue weighted by Gasteiger charge is 2.37. The van der Waals surface area contributed by atoms with Gasteiger partial charge in [0.2, 0.25) is 0 Å². The molecule has 0 saturated carbocycles. The molecule has 0 heterocycles. The summed E-state index contributed by atoms with van der Waals surface area (Å²) in [5.41, 5.74) is 2.02. The second-order valence-corrected chi connectivity index (χ2v) is 6.37. The molecular weight excluding hydrogens is 406 g/mol. The van der Waals surface area contributed by atoms with Gasteiger partial charge in [0.25, 0.3) is 5.91 Å². The maximum atomic E-state index is 14.1. The van der Waals surface area contributed by atoms with E-state index in [0.717, 1.165) is 0 Å². The summed E-state index contributed by atoms with van der Waals surface area (Å²) < 4.78 is 52.4. The molecule has 134 valence electrons. The van der Waals surface area contributed by atoms with E-state index in [2.05, 4.69) is 15.9 Å². The molecule has 3 N–H and O–H groups in total. The van der Waals surface area contributed by atoms with E-state index in [1.165, 1.54) is 12.1 Å². The third-order valence-electron chi connectivity index (χ3n) is 3.85. The van der Waals surface area contributed by atoms with Crippen molar-refractivity contribution in [3.8, 4) is 0 Å². The zero-order valence-corrected chi connectivity index (χ0v) is 14.4. The highest BCUT2D eigenvalue weighted by molar-refractivity contribution is 9.10. The van der Waals surface area contributed by atoms with Crippen LogP contribution in [0.3, 0.4) is 0 Å². The number of carbonyl (C=O) groups excluding carboxylic acids is 1. The Morgan fingerprint density at radius 1 is 1.12 bits per heavy atom. The Bertz CT molecular complexity index is 780. The number of hydrogen-bond donors (Lipinski definition) is 2. The minimum Gasteiger partial charge on any atom is -0.375 e. The molecule has 1 atom stereocenters. The van der Waals surface area contributed by atoms with Gasteiger partial charge in [0, 0.05) is 0 Å². The molecule has 2 aromatic rings. The van der Waals surface area contributed by atoms with Crippen LogP contribution in [0.2, 0.25) is 0 Å². The van der Waals surface area contributed by atoms with Crippen LogP contribution >= 0.6 is 15.9 Å². The van der Waals surface area contributed by atoms with Crippen molar-refractivity contribution in [1.82, 2.24) is 0 Å². The smallest absolute Gasteiger partial charge is 0.375 e. The Hall–Kier alpha value is -1.93. The van der Waals surface area contributed by atoms with Gasteiger partial charge >= 0.3 is 6.18 Å². The van der Waals surface area contributed by atoms with Crippen molar-refractivity contribution < 1.29 is 27.5 Å². The normalized spacial score (nSPS) is 14.2. The summed E-state index contributed by atoms with van der Waals surface area (Å²) in [6.45, 7) is 0. The van der Waals surface area contributed by atoms with Gasteiger partial charge in [-0.1, -0.05) is 30.3 Å². The SMILES string of the molecule is NC(=O)C(O)(CCc1cc(C(F)(F)F)cc(Br)c1F)c1ccccc1. The molecule has 1 unspecified atom stereocenters. The monoisotopic (exact) mass is 419 g/mol. The molecule has 3 nitrogen and oxygen atoms in total. The zero-order chi connectivity index (χ0) is 18.8. The van der Waals surface area contributed by atoms with E-state index >= 15 is 0 Å². The van der Waals surface area contributed by atoms with Crippen LogP contribution in [0.4, 0.5) is 17.6 Å². The molecule has 0 saturated heterocycles. The van der Waals surface area contributed by atoms with E-state index in [4.69, 9.17) is 5.73 Å². The van der Waals surface area contributed by atoms with E-state index in [0.29, 0.717) is 12.1 Å². The van der Waals surface area contributed by atoms with Gasteiger partial charge in [-0.25, -0.2) is 4.39 Å². The molecule has 25 heavy (non-hydrogen) atoms. The Morgan fingerprint density at radius 3 is 2.24 bits per heavy atom. The lowest BCUT2D eigenvalue weighted by atomic mass is 9.86. The molecule has 2 aromatic carbocycles. The number of aryl methyl sites for hydroxylation is 1. The number of primary amides is 1. The zero-order valence-electron chi connectivity index (χ0n) is 12.8. The number of alkyl halides is 3. The second kappa shape index (κ2) is 7.13. The van der Waals surface area contributed by atoms with Crippen LogP contribution in [-0.2, 0) is 23.0 Å². The lowest BCUT2D eigenvalue weighted by Gasteiger charge is -2.25. The number of halogens is 5. The first kappa shape index (κ1) is 19.4. The van der Waals surface area contributed by atoms with Gasteiger partial charge in [0.1, 0.15) is 5.82 Å². The molecule has 8 heteroatoms. The summed E-state index contributed by atoms with van der Waals surface area (Å²) in [7, 11) is 0. The standard InChI is InChI=1S/C17H14BrF4NO2/c18-13-9-12(17(20,21)22)8-10(14(13)19)6-7-16(25,15(23)24)11-4-2-1-3-5-11/h1-5,8-9,25H,6-7H2,(H2,23,24). The Morgan fingerprint density at radius 2 is 1.72 bits per heavy atom. The van der Waals surface area contributed by atoms with Gasteiger partial charge in [0.05, 0.1) is 10.0 Å². The Kier molecular flexibility index (Phi) is 5.53. The molecule has 0 spiro atoms. The average molecular weight is 420 g/mol. The molecule has 0 radical (unpaired) electrons. The largest absolute Gasteiger partial charge is 0.416 e. The molecule has 1 amide bonds. The number of amides is 1. The van der Waals surface area contributed by atoms with Crippen LogP contribution < -0.4 is 5.73 Å². The predicted molar refractivity (Wildman–Crippen MR) is 87.0 cm³/mol. The highest BCUT2D eigenvalue weighted by Crippen LogP contribution is 2.35. The van der Waals surface area contributed by atoms with Gasteiger partial charge in [0.15, 0.2) is 5.60 Å². The van der Waals surface area contributed by atoms with Crippen LogP contribution in [-0.4, -0.2) is 11.0 Å². The lowest BCUT2D eigenvalue weighted by molar-refractivity contribution is -0.139. The number of nitrogens with two attached hydrogens (primary N) is 1. The van der Waals surface area contributed by atoms with Gasteiger partial charge in [-0.2, -0.15) is 13.2 Å². The summed E-state index contributed by atoms with van der Waals surface area (Å²) in [4.78, 5) is 11.7. The summed E-state index contributed by atoms with van der Waals surface area (Å²) >= 11 is 2.75. The molecule has 2 rings (SSSR count). The molecule has 0 aliphatic rings. The minimum atomic E-state index is -4.65. The molecule has 0 fully saturated rings. The van der Waals surface area contributed by atoms with Gasteiger partial charge in [-0.15, -0.1) is 0 Å². The van der Waals surface area contributed by atoms with E-state index in [9.17, 15) is 27.5 Å². The van der Waals surface area contributed by atoms with Crippen molar-refractivity contribution >= 4 is 21.8 Å². The summed E-state index contributed by atoms with van der Waals surface area (Å²) in [6.07, 6.45) is -5.33. The van der Waals surface area contributed by atoms with Crippen molar-refractivity contribution in [2.75, 3.05) is 0 Å². The number of aliphatic hydroxyl groups is 1. The van der Waals surface area contributed by atoms with Crippen molar-refractivity contribution in [3.63, 3.8) is 0 Å². The van der Waals surface area contributed by atoms with Crippen molar-refractivity contribution in [2.45, 2.75) is 24.6 Å². The maximum absolute atomic E-state index is 14.1. The third-order valence-corrected chi connectivity index (χ3v) is 4.42. The van der Waals surface area contributed by atoms with E-state index in [1.54, 1.807) is 18.2 Å². The summed E-state index contributed by atoms with van der Waals surface area (Å²) in [6, 6.07) is 9.03. The summed E-state index contributed by atoms with van der Waals surface area (Å²) in [5.74, 6) is -1.95. The number of hydrogen-bond acceptors (Lipinski definition) is 2. The Labute approximate surface area is 149 Å². The van der Waals surface area contributed by atoms with Gasteiger partial charge < -0.3 is 10.8 Å². The van der Waals surface area contributed by atoms with Crippen LogP contribution in [0.1, 0.15) is 23.1 Å². The van der Waals surface area contributed by atoms with Gasteiger partial charge in [-0.3, -0.25) is 4.79 Å². The fourth-order valence-electron chi connectivity index (χ4n) is 2.43. The van der Waals surface area contributed by atoms with E-state index in [1.807, 2.05) is 0 Å². The van der Waals surface area contributed by atoms with Crippen molar-refractivity contribution in [3.05, 3.63) is 69.4 Å². The molecule has 0 aliphatic heterocycles. The first-order chi connectivity index (χ1) is 11.6. The van der Waals surface area contributed by atoms with Crippen LogP contribution in [0.25, 0.3) is 0 Å². The molecular formula is C17H14BrF4NO2. The van der Waals surface area contributed by atoms with Gasteiger partial charge in [-0.05, 0) is 52.0 Å². The van der Waals surface area contributed by atoms with Crippen molar-refractivity contribution in [2.24, 2.45) is 5.73 Å². The molecule has 0 bridgehead atoms. The third kappa shape index (κ3) is 4.19. The molecule has 0 aromatic heterocycles. The first-order valence-corrected chi connectivity index (χ1v) is 7.98. The topological polar surface area (TPSA) is 63.3 Å². The van der Waals surface area contributed by atoms with Crippen molar-refractivity contribution in [1.29, 1.82) is 0 Å². The summed E-state index contributed by atoms with van der Waals surface area (Å²) in [5, 5.41) is 10.6. The average Bonchev–Trinajstić information content (AvgIpc) is 2.55. The predicted octanol–water partition coefficient (Wildman–Crippen LogP) is 3.91. The minimum absolute atomic E-state index is 0.189. The number of rotatable bonds is 5. The highest BCUT2D eigenvalue weighted by atomic mass is 79.9. The van der Waals surface area contributed by atoms with Crippen LogP contribution in [0.15, 0.2) is 46.9 Å². The Balaban J connectivity index is 2.36. The van der Waals surface area contributed by atoms with Crippen LogP contribution in [0, 0.1) is 5.82 Å². The molecule has 0 aliphatic carbocycles. The second-order valence-electron chi connectivity index (χ2n) is 5.52. The van der Waals surface area contributed by atoms with E-state index in [-0.39, 0.29) is 28.4 Å².